The van der Waals surface area contributed by atoms with E-state index in [0.29, 0.717) is 6.07 Å². The second kappa shape index (κ2) is 12.8. The average molecular weight is 704 g/mol. The first-order chi connectivity index (χ1) is 22.4. The molecule has 4 heterocycles. The van der Waals surface area contributed by atoms with Gasteiger partial charge < -0.3 is 29.0 Å². The van der Waals surface area contributed by atoms with E-state index >= 15 is 4.39 Å². The van der Waals surface area contributed by atoms with Gasteiger partial charge in [0.25, 0.3) is 11.5 Å². The van der Waals surface area contributed by atoms with Crippen molar-refractivity contribution in [3.05, 3.63) is 86.4 Å². The van der Waals surface area contributed by atoms with E-state index in [-0.39, 0.29) is 41.4 Å². The number of rotatable bonds is 7. The lowest BCUT2D eigenvalue weighted by molar-refractivity contribution is -0.167. The molecule has 3 aromatic heterocycles. The topological polar surface area (TPSA) is 118 Å². The number of carbonyl (C=O) groups excluding carboxylic acids is 1. The Labute approximate surface area is 271 Å². The maximum Gasteiger partial charge on any atom is 0.417 e. The number of aliphatic carboxylic acids is 1. The van der Waals surface area contributed by atoms with Gasteiger partial charge in [-0.1, -0.05) is 11.6 Å². The highest BCUT2D eigenvalue weighted by Gasteiger charge is 2.46. The zero-order chi connectivity index (χ0) is 35.3. The van der Waals surface area contributed by atoms with E-state index in [0.717, 1.165) is 21.6 Å². The highest BCUT2D eigenvalue weighted by atomic mass is 35.5. The highest BCUT2D eigenvalue weighted by molar-refractivity contribution is 6.34. The quantitative estimate of drug-likeness (QED) is 0.260. The predicted molar refractivity (Wildman–Crippen MR) is 158 cm³/mol. The van der Waals surface area contributed by atoms with Crippen LogP contribution in [0.3, 0.4) is 0 Å². The number of ether oxygens (including phenoxy) is 1. The zero-order valence-corrected chi connectivity index (χ0v) is 25.7. The molecule has 10 nitrogen and oxygen atoms in total. The molecule has 1 aliphatic heterocycles. The third-order valence-electron chi connectivity index (χ3n) is 7.99. The first kappa shape index (κ1) is 34.7. The van der Waals surface area contributed by atoms with Crippen molar-refractivity contribution in [3.63, 3.8) is 0 Å². The first-order valence-corrected chi connectivity index (χ1v) is 14.4. The Morgan fingerprint density at radius 1 is 1.17 bits per heavy atom. The number of alkyl halides is 6. The molecule has 5 rings (SSSR count). The van der Waals surface area contributed by atoms with Crippen molar-refractivity contribution < 1.29 is 50.2 Å². The van der Waals surface area contributed by atoms with Crippen LogP contribution in [-0.4, -0.2) is 69.0 Å². The minimum atomic E-state index is -4.90. The van der Waals surface area contributed by atoms with Crippen LogP contribution in [0.2, 0.25) is 5.02 Å². The lowest BCUT2D eigenvalue weighted by Crippen LogP contribution is -2.53. The van der Waals surface area contributed by atoms with Crippen molar-refractivity contribution in [2.45, 2.75) is 37.8 Å². The molecule has 48 heavy (non-hydrogen) atoms. The van der Waals surface area contributed by atoms with E-state index in [2.05, 4.69) is 10.3 Å². The van der Waals surface area contributed by atoms with Crippen LogP contribution in [0, 0.1) is 12.7 Å². The lowest BCUT2D eigenvalue weighted by Gasteiger charge is -2.38. The van der Waals surface area contributed by atoms with Crippen molar-refractivity contribution in [2.75, 3.05) is 24.7 Å². The van der Waals surface area contributed by atoms with Crippen molar-refractivity contribution in [3.8, 4) is 11.1 Å². The number of aromatic nitrogens is 3. The number of hydrogen-bond acceptors (Lipinski definition) is 6. The number of pyridine rings is 2. The summed E-state index contributed by atoms with van der Waals surface area (Å²) in [6.07, 6.45) is -7.58. The number of hydrogen-bond donors (Lipinski definition) is 2. The zero-order valence-electron chi connectivity index (χ0n) is 24.9. The molecule has 2 N–H and O–H groups in total. The second-order valence-corrected chi connectivity index (χ2v) is 11.4. The number of anilines is 1. The molecule has 0 saturated carbocycles. The number of halogens is 8. The van der Waals surface area contributed by atoms with Gasteiger partial charge in [-0.2, -0.15) is 26.3 Å². The Balaban J connectivity index is 1.46. The SMILES string of the molecule is Cc1cc(C(F)(F)F)c(-c2ccc(C[C@H](NC(=O)c3c(F)cc(N4CCOC[C@@H]4C(F)(F)F)cc3Cl)C(=O)O)n3ccnc23)c(=O)n1C. The minimum Gasteiger partial charge on any atom is -0.480 e. The van der Waals surface area contributed by atoms with Gasteiger partial charge in [0.1, 0.15) is 23.5 Å². The van der Waals surface area contributed by atoms with Crippen LogP contribution in [-0.2, 0) is 29.2 Å². The van der Waals surface area contributed by atoms with Crippen molar-refractivity contribution >= 4 is 34.8 Å². The van der Waals surface area contributed by atoms with Gasteiger partial charge in [0.05, 0.1) is 34.9 Å². The van der Waals surface area contributed by atoms with Crippen molar-refractivity contribution in [2.24, 2.45) is 7.05 Å². The molecule has 2 atom stereocenters. The number of amides is 1. The number of fused-ring (bicyclic) bond motifs is 1. The number of imidazole rings is 1. The van der Waals surface area contributed by atoms with Crippen molar-refractivity contribution in [1.29, 1.82) is 0 Å². The van der Waals surface area contributed by atoms with E-state index < -0.39 is 82.4 Å². The third kappa shape index (κ3) is 6.56. The fraction of sp³-hybridized carbons (Fsp3) is 0.333. The second-order valence-electron chi connectivity index (χ2n) is 11.0. The molecule has 1 fully saturated rings. The van der Waals surface area contributed by atoms with Gasteiger partial charge in [0, 0.05) is 55.0 Å². The predicted octanol–water partition coefficient (Wildman–Crippen LogP) is 5.01. The van der Waals surface area contributed by atoms with Gasteiger partial charge in [-0.25, -0.2) is 14.2 Å². The standard InChI is InChI=1S/C30H25ClF7N5O5/c1-14-9-18(29(33,34)35)23(27(45)41(14)2)17-4-3-15(43-6-5-39-25(17)43)12-21(28(46)47)40-26(44)24-19(31)10-16(11-20(24)32)42-7-8-48-13-22(42)30(36,37)38/h3-6,9-11,21-22H,7-8,12-13H2,1-2H3,(H,40,44)(H,46,47)/t21-,22+/m0/s1. The summed E-state index contributed by atoms with van der Waals surface area (Å²) in [5.41, 5.74) is -4.00. The van der Waals surface area contributed by atoms with Crippen LogP contribution in [0.25, 0.3) is 16.8 Å². The molecule has 0 aliphatic carbocycles. The van der Waals surface area contributed by atoms with E-state index in [4.69, 9.17) is 16.3 Å². The van der Waals surface area contributed by atoms with Crippen LogP contribution in [0.4, 0.5) is 36.4 Å². The Morgan fingerprint density at radius 3 is 2.50 bits per heavy atom. The van der Waals surface area contributed by atoms with Crippen molar-refractivity contribution in [1.82, 2.24) is 19.3 Å². The van der Waals surface area contributed by atoms with Gasteiger partial charge in [-0.3, -0.25) is 9.59 Å². The van der Waals surface area contributed by atoms with Crippen LogP contribution in [0.15, 0.2) is 47.5 Å². The van der Waals surface area contributed by atoms with Crippen LogP contribution in [0.1, 0.15) is 27.3 Å². The van der Waals surface area contributed by atoms with Crippen LogP contribution < -0.4 is 15.8 Å². The smallest absolute Gasteiger partial charge is 0.417 e. The van der Waals surface area contributed by atoms with Gasteiger partial charge >= 0.3 is 18.3 Å². The molecule has 4 aromatic rings. The fourth-order valence-electron chi connectivity index (χ4n) is 5.50. The number of benzene rings is 1. The summed E-state index contributed by atoms with van der Waals surface area (Å²) in [4.78, 5) is 43.3. The normalized spacial score (nSPS) is 16.3. The minimum absolute atomic E-state index is 0.0601. The molecular weight excluding hydrogens is 679 g/mol. The molecule has 1 aromatic carbocycles. The highest BCUT2D eigenvalue weighted by Crippen LogP contribution is 2.38. The summed E-state index contributed by atoms with van der Waals surface area (Å²) < 4.78 is 105. The summed E-state index contributed by atoms with van der Waals surface area (Å²) in [7, 11) is 1.31. The number of carboxylic acids is 1. The average Bonchev–Trinajstić information content (AvgIpc) is 3.49. The van der Waals surface area contributed by atoms with Crippen LogP contribution >= 0.6 is 11.6 Å². The Hall–Kier alpha value is -4.64. The number of morpholine rings is 1. The van der Waals surface area contributed by atoms with Gasteiger partial charge in [0.2, 0.25) is 0 Å². The van der Waals surface area contributed by atoms with E-state index in [9.17, 15) is 45.8 Å². The molecule has 0 spiro atoms. The monoisotopic (exact) mass is 703 g/mol. The molecule has 1 amide bonds. The summed E-state index contributed by atoms with van der Waals surface area (Å²) >= 11 is 6.14. The summed E-state index contributed by atoms with van der Waals surface area (Å²) in [6.45, 7) is 0.312. The van der Waals surface area contributed by atoms with E-state index in [1.165, 1.54) is 42.9 Å². The Kier molecular flexibility index (Phi) is 9.22. The Bertz CT molecular complexity index is 1950. The van der Waals surface area contributed by atoms with Crippen LogP contribution in [0.5, 0.6) is 0 Å². The van der Waals surface area contributed by atoms with E-state index in [1.54, 1.807) is 0 Å². The summed E-state index contributed by atoms with van der Waals surface area (Å²) in [6, 6.07) is 1.04. The van der Waals surface area contributed by atoms with Gasteiger partial charge in [0.15, 0.2) is 0 Å². The Morgan fingerprint density at radius 2 is 1.88 bits per heavy atom. The molecule has 0 bridgehead atoms. The molecule has 0 radical (unpaired) electrons. The maximum atomic E-state index is 15.2. The largest absolute Gasteiger partial charge is 0.480 e. The lowest BCUT2D eigenvalue weighted by atomic mass is 9.99. The number of carboxylic acid groups (broad SMARTS) is 1. The van der Waals surface area contributed by atoms with Gasteiger partial charge in [-0.15, -0.1) is 0 Å². The first-order valence-electron chi connectivity index (χ1n) is 14.1. The molecular formula is C30H25ClF7N5O5. The van der Waals surface area contributed by atoms with Gasteiger partial charge in [-0.05, 0) is 37.3 Å². The fourth-order valence-corrected chi connectivity index (χ4v) is 5.79. The molecule has 18 heteroatoms. The number of nitrogens with one attached hydrogen (secondary N) is 1. The number of nitrogens with zero attached hydrogens (tertiary/aromatic N) is 4. The third-order valence-corrected chi connectivity index (χ3v) is 8.28. The summed E-state index contributed by atoms with van der Waals surface area (Å²) in [5.74, 6) is -4.18. The van der Waals surface area contributed by atoms with E-state index in [1.807, 2.05) is 0 Å². The molecule has 1 aliphatic rings. The summed E-state index contributed by atoms with van der Waals surface area (Å²) in [5, 5.41) is 11.5. The maximum absolute atomic E-state index is 15.2. The molecule has 1 saturated heterocycles. The molecule has 256 valence electrons. The molecule has 0 unspecified atom stereocenters. The number of aryl methyl sites for hydroxylation is 1. The number of carbonyl (C=O) groups is 2.